The number of hydrogen-bond acceptors (Lipinski definition) is 10. The minimum atomic E-state index is -1.14. The zero-order valence-electron chi connectivity index (χ0n) is 25.4. The van der Waals surface area contributed by atoms with Gasteiger partial charge in [0, 0.05) is 58.2 Å². The number of nitrogens with one attached hydrogen (secondary N) is 1. The highest BCUT2D eigenvalue weighted by molar-refractivity contribution is 6.23. The Morgan fingerprint density at radius 1 is 1.02 bits per heavy atom. The fourth-order valence-corrected chi connectivity index (χ4v) is 7.49. The standard InChI is InChI=1S/C32H38FN7O5/c1-34-29(43)26(3-2-12-41)40-30(44)23-13-25(33)27(14-24(23)31(40)45)39-11-7-32(20-39)6-10-37(19-32)17-21-4-8-38(9-5-21)28-16-35-22(18-42)15-36-28/h12-16,18,21,26H,2-11,17,19-20H2,1H3,(H,34,43). The van der Waals surface area contributed by atoms with E-state index in [9.17, 15) is 24.0 Å². The first kappa shape index (κ1) is 30.8. The molecule has 1 N–H and O–H groups in total. The lowest BCUT2D eigenvalue weighted by molar-refractivity contribution is -0.124. The van der Waals surface area contributed by atoms with Crippen LogP contribution in [0.25, 0.3) is 0 Å². The van der Waals surface area contributed by atoms with E-state index in [4.69, 9.17) is 0 Å². The van der Waals surface area contributed by atoms with E-state index < -0.39 is 29.6 Å². The van der Waals surface area contributed by atoms with Crippen molar-refractivity contribution in [2.75, 3.05) is 62.7 Å². The molecule has 4 aliphatic heterocycles. The van der Waals surface area contributed by atoms with E-state index in [1.54, 1.807) is 6.20 Å². The SMILES string of the molecule is CNC(=O)C(CCC=O)N1C(=O)c2cc(F)c(N3CCC4(CCN(CC5CCN(c6cnc(C=O)cn6)CC5)C4)C3)cc2C1=O. The molecule has 0 saturated carbocycles. The number of aromatic nitrogens is 2. The average Bonchev–Trinajstić information content (AvgIpc) is 3.73. The minimum Gasteiger partial charge on any atom is -0.369 e. The summed E-state index contributed by atoms with van der Waals surface area (Å²) >= 11 is 0. The second kappa shape index (κ2) is 12.6. The smallest absolute Gasteiger partial charge is 0.262 e. The molecule has 45 heavy (non-hydrogen) atoms. The highest BCUT2D eigenvalue weighted by atomic mass is 19.1. The van der Waals surface area contributed by atoms with Crippen molar-refractivity contribution < 1.29 is 28.4 Å². The van der Waals surface area contributed by atoms with Crippen molar-refractivity contribution in [3.8, 4) is 0 Å². The van der Waals surface area contributed by atoms with E-state index in [2.05, 4.69) is 25.1 Å². The van der Waals surface area contributed by atoms with Crippen LogP contribution < -0.4 is 15.1 Å². The number of hydrogen-bond donors (Lipinski definition) is 1. The minimum absolute atomic E-state index is 0.000800. The van der Waals surface area contributed by atoms with E-state index in [0.29, 0.717) is 43.0 Å². The van der Waals surface area contributed by atoms with Crippen LogP contribution in [0.1, 0.15) is 69.7 Å². The van der Waals surface area contributed by atoms with E-state index >= 15 is 4.39 Å². The molecule has 5 heterocycles. The van der Waals surface area contributed by atoms with Crippen molar-refractivity contribution in [3.63, 3.8) is 0 Å². The van der Waals surface area contributed by atoms with Gasteiger partial charge in [-0.2, -0.15) is 0 Å². The van der Waals surface area contributed by atoms with Crippen molar-refractivity contribution in [2.24, 2.45) is 11.3 Å². The monoisotopic (exact) mass is 619 g/mol. The summed E-state index contributed by atoms with van der Waals surface area (Å²) in [5.74, 6) is -1.12. The summed E-state index contributed by atoms with van der Waals surface area (Å²) in [6.45, 7) is 6.04. The molecule has 4 aliphatic rings. The van der Waals surface area contributed by atoms with E-state index in [1.165, 1.54) is 19.3 Å². The molecule has 0 bridgehead atoms. The van der Waals surface area contributed by atoms with Crippen LogP contribution in [0, 0.1) is 17.2 Å². The van der Waals surface area contributed by atoms with Gasteiger partial charge in [0.15, 0.2) is 6.29 Å². The number of carbonyl (C=O) groups is 5. The molecule has 3 amide bonds. The maximum Gasteiger partial charge on any atom is 0.262 e. The quantitative estimate of drug-likeness (QED) is 0.310. The molecule has 238 valence electrons. The Labute approximate surface area is 260 Å². The van der Waals surface area contributed by atoms with Crippen LogP contribution in [0.5, 0.6) is 0 Å². The summed E-state index contributed by atoms with van der Waals surface area (Å²) in [5.41, 5.74) is 0.691. The van der Waals surface area contributed by atoms with Crippen LogP contribution in [0.15, 0.2) is 24.5 Å². The first-order valence-electron chi connectivity index (χ1n) is 15.6. The van der Waals surface area contributed by atoms with E-state index in [0.717, 1.165) is 75.2 Å². The van der Waals surface area contributed by atoms with Crippen LogP contribution >= 0.6 is 0 Å². The van der Waals surface area contributed by atoms with Gasteiger partial charge in [0.1, 0.15) is 29.7 Å². The first-order valence-corrected chi connectivity index (χ1v) is 15.6. The van der Waals surface area contributed by atoms with Crippen molar-refractivity contribution in [1.82, 2.24) is 25.1 Å². The fourth-order valence-electron chi connectivity index (χ4n) is 7.49. The number of rotatable bonds is 10. The molecule has 12 nitrogen and oxygen atoms in total. The van der Waals surface area contributed by atoms with Crippen LogP contribution in [-0.2, 0) is 9.59 Å². The Balaban J connectivity index is 1.07. The van der Waals surface area contributed by atoms with Crippen molar-refractivity contribution in [3.05, 3.63) is 47.2 Å². The zero-order valence-corrected chi connectivity index (χ0v) is 25.4. The van der Waals surface area contributed by atoms with Crippen molar-refractivity contribution in [1.29, 1.82) is 0 Å². The lowest BCUT2D eigenvalue weighted by Crippen LogP contribution is -2.48. The first-order chi connectivity index (χ1) is 21.8. The molecule has 2 atom stereocenters. The highest BCUT2D eigenvalue weighted by Gasteiger charge is 2.46. The highest BCUT2D eigenvalue weighted by Crippen LogP contribution is 2.43. The third-order valence-electron chi connectivity index (χ3n) is 9.93. The van der Waals surface area contributed by atoms with E-state index in [-0.39, 0.29) is 29.4 Å². The Kier molecular flexibility index (Phi) is 8.63. The molecular weight excluding hydrogens is 581 g/mol. The van der Waals surface area contributed by atoms with E-state index in [1.807, 2.05) is 4.90 Å². The van der Waals surface area contributed by atoms with Crippen LogP contribution in [0.4, 0.5) is 15.9 Å². The largest absolute Gasteiger partial charge is 0.369 e. The number of likely N-dealkylation sites (N-methyl/N-ethyl adjacent to an activating group) is 1. The number of likely N-dealkylation sites (tertiary alicyclic amines) is 1. The van der Waals surface area contributed by atoms with Crippen molar-refractivity contribution >= 4 is 41.8 Å². The maximum absolute atomic E-state index is 15.5. The second-order valence-corrected chi connectivity index (χ2v) is 12.7. The molecule has 6 rings (SSSR count). The Morgan fingerprint density at radius 3 is 2.42 bits per heavy atom. The number of fused-ring (bicyclic) bond motifs is 1. The topological polar surface area (TPSA) is 136 Å². The summed E-state index contributed by atoms with van der Waals surface area (Å²) in [4.78, 5) is 77.0. The second-order valence-electron chi connectivity index (χ2n) is 12.7. The molecule has 1 spiro atoms. The summed E-state index contributed by atoms with van der Waals surface area (Å²) in [5, 5.41) is 2.45. The van der Waals surface area contributed by atoms with Gasteiger partial charge in [0.2, 0.25) is 5.91 Å². The average molecular weight is 620 g/mol. The number of amides is 3. The predicted molar refractivity (Wildman–Crippen MR) is 163 cm³/mol. The maximum atomic E-state index is 15.5. The summed E-state index contributed by atoms with van der Waals surface area (Å²) in [6, 6.07) is 1.43. The Morgan fingerprint density at radius 2 is 1.76 bits per heavy atom. The Bertz CT molecular complexity index is 1500. The molecule has 3 saturated heterocycles. The normalized spacial score (nSPS) is 22.8. The van der Waals surface area contributed by atoms with Gasteiger partial charge in [0.25, 0.3) is 11.8 Å². The van der Waals surface area contributed by atoms with Crippen molar-refractivity contribution in [2.45, 2.75) is 44.6 Å². The lowest BCUT2D eigenvalue weighted by Gasteiger charge is -2.34. The third kappa shape index (κ3) is 5.92. The molecule has 0 radical (unpaired) electrons. The third-order valence-corrected chi connectivity index (χ3v) is 9.93. The molecule has 0 aliphatic carbocycles. The Hall–Kier alpha value is -4.26. The summed E-state index contributed by atoms with van der Waals surface area (Å²) in [6.07, 6.45) is 8.52. The molecule has 2 aromatic rings. The lowest BCUT2D eigenvalue weighted by atomic mass is 9.86. The van der Waals surface area contributed by atoms with Gasteiger partial charge in [-0.3, -0.25) is 24.1 Å². The molecular formula is C32H38FN7O5. The summed E-state index contributed by atoms with van der Waals surface area (Å²) in [7, 11) is 1.40. The number of halogens is 1. The van der Waals surface area contributed by atoms with Gasteiger partial charge in [-0.15, -0.1) is 0 Å². The van der Waals surface area contributed by atoms with Crippen LogP contribution in [0.2, 0.25) is 0 Å². The molecule has 2 unspecified atom stereocenters. The van der Waals surface area contributed by atoms with Crippen LogP contribution in [-0.4, -0.2) is 109 Å². The fraction of sp³-hybridized carbons (Fsp3) is 0.531. The predicted octanol–water partition coefficient (Wildman–Crippen LogP) is 1.94. The van der Waals surface area contributed by atoms with Crippen LogP contribution in [0.3, 0.4) is 0 Å². The number of carbonyl (C=O) groups excluding carboxylic acids is 5. The molecule has 3 fully saturated rings. The van der Waals surface area contributed by atoms with Gasteiger partial charge in [0.05, 0.1) is 29.2 Å². The van der Waals surface area contributed by atoms with Gasteiger partial charge < -0.3 is 24.8 Å². The molecule has 1 aromatic heterocycles. The number of imide groups is 1. The van der Waals surface area contributed by atoms with Gasteiger partial charge in [-0.1, -0.05) is 0 Å². The number of anilines is 2. The number of nitrogens with zero attached hydrogens (tertiary/aromatic N) is 6. The van der Waals surface area contributed by atoms with Gasteiger partial charge >= 0.3 is 0 Å². The number of piperidine rings is 1. The van der Waals surface area contributed by atoms with Gasteiger partial charge in [-0.25, -0.2) is 14.4 Å². The number of aldehydes is 2. The summed E-state index contributed by atoms with van der Waals surface area (Å²) < 4.78 is 15.5. The zero-order chi connectivity index (χ0) is 31.7. The molecule has 13 heteroatoms. The number of benzene rings is 1. The molecule has 1 aromatic carbocycles. The van der Waals surface area contributed by atoms with Gasteiger partial charge in [-0.05, 0) is 56.7 Å².